The Morgan fingerprint density at radius 2 is 1.59 bits per heavy atom. The number of anilines is 3. The lowest BCUT2D eigenvalue weighted by Gasteiger charge is -2.16. The van der Waals surface area contributed by atoms with Crippen LogP contribution in [0.25, 0.3) is 0 Å². The van der Waals surface area contributed by atoms with E-state index in [2.05, 4.69) is 37.4 Å². The van der Waals surface area contributed by atoms with Gasteiger partial charge in [-0.1, -0.05) is 24.3 Å². The molecule has 0 spiro atoms. The molecule has 0 heterocycles. The van der Waals surface area contributed by atoms with E-state index >= 15 is 0 Å². The summed E-state index contributed by atoms with van der Waals surface area (Å²) in [6, 6.07) is 12.3. The van der Waals surface area contributed by atoms with Crippen molar-refractivity contribution in [1.82, 2.24) is 0 Å². The van der Waals surface area contributed by atoms with Crippen LogP contribution in [0.5, 0.6) is 0 Å². The summed E-state index contributed by atoms with van der Waals surface area (Å²) in [5, 5.41) is 3.43. The molecule has 0 amide bonds. The Balaban J connectivity index is 2.43. The zero-order valence-electron chi connectivity index (χ0n) is 10.5. The van der Waals surface area contributed by atoms with Crippen molar-refractivity contribution in [1.29, 1.82) is 0 Å². The Morgan fingerprint density at radius 1 is 0.941 bits per heavy atom. The lowest BCUT2D eigenvalue weighted by molar-refractivity contribution is 1.31. The van der Waals surface area contributed by atoms with Crippen molar-refractivity contribution in [2.75, 3.05) is 11.1 Å². The van der Waals surface area contributed by atoms with Crippen LogP contribution in [0.15, 0.2) is 36.4 Å². The summed E-state index contributed by atoms with van der Waals surface area (Å²) >= 11 is 0. The average molecular weight is 226 g/mol. The summed E-state index contributed by atoms with van der Waals surface area (Å²) in [7, 11) is 0. The monoisotopic (exact) mass is 226 g/mol. The summed E-state index contributed by atoms with van der Waals surface area (Å²) in [5.41, 5.74) is 12.6. The maximum absolute atomic E-state index is 6.07. The van der Waals surface area contributed by atoms with Gasteiger partial charge in [0.2, 0.25) is 0 Å². The fourth-order valence-corrected chi connectivity index (χ4v) is 2.06. The number of hydrogen-bond donors (Lipinski definition) is 2. The zero-order chi connectivity index (χ0) is 12.4. The van der Waals surface area contributed by atoms with Gasteiger partial charge >= 0.3 is 0 Å². The first-order valence-electron chi connectivity index (χ1n) is 5.78. The summed E-state index contributed by atoms with van der Waals surface area (Å²) in [4.78, 5) is 0. The number of rotatable bonds is 2. The van der Waals surface area contributed by atoms with Crippen LogP contribution in [-0.4, -0.2) is 0 Å². The molecule has 2 nitrogen and oxygen atoms in total. The van der Waals surface area contributed by atoms with Gasteiger partial charge in [-0.2, -0.15) is 0 Å². The summed E-state index contributed by atoms with van der Waals surface area (Å²) in [6.07, 6.45) is 0. The molecule has 17 heavy (non-hydrogen) atoms. The molecule has 3 N–H and O–H groups in total. The molecule has 0 unspecified atom stereocenters. The van der Waals surface area contributed by atoms with E-state index in [0.717, 1.165) is 28.2 Å². The number of para-hydroxylation sites is 1. The van der Waals surface area contributed by atoms with E-state index in [4.69, 9.17) is 5.73 Å². The third-order valence-electron chi connectivity index (χ3n) is 3.07. The predicted molar refractivity (Wildman–Crippen MR) is 74.8 cm³/mol. The molecular weight excluding hydrogens is 208 g/mol. The molecule has 0 aliphatic rings. The molecule has 0 saturated carbocycles. The molecule has 0 aliphatic heterocycles. The summed E-state index contributed by atoms with van der Waals surface area (Å²) in [6.45, 7) is 6.20. The summed E-state index contributed by atoms with van der Waals surface area (Å²) < 4.78 is 0. The number of nitrogen functional groups attached to an aromatic ring is 1. The minimum absolute atomic E-state index is 0.869. The Morgan fingerprint density at radius 3 is 2.24 bits per heavy atom. The first kappa shape index (κ1) is 11.5. The minimum Gasteiger partial charge on any atom is -0.398 e. The first-order chi connectivity index (χ1) is 8.09. The quantitative estimate of drug-likeness (QED) is 0.761. The molecule has 0 radical (unpaired) electrons. The van der Waals surface area contributed by atoms with Gasteiger partial charge in [0.1, 0.15) is 0 Å². The normalized spacial score (nSPS) is 10.3. The molecule has 88 valence electrons. The zero-order valence-corrected chi connectivity index (χ0v) is 10.5. The highest BCUT2D eigenvalue weighted by molar-refractivity contribution is 5.74. The molecular formula is C15H18N2. The van der Waals surface area contributed by atoms with Crippen molar-refractivity contribution in [3.63, 3.8) is 0 Å². The van der Waals surface area contributed by atoms with E-state index in [-0.39, 0.29) is 0 Å². The fourth-order valence-electron chi connectivity index (χ4n) is 2.06. The number of benzene rings is 2. The molecule has 2 heteroatoms. The largest absolute Gasteiger partial charge is 0.398 e. The van der Waals surface area contributed by atoms with Crippen LogP contribution in [0.3, 0.4) is 0 Å². The van der Waals surface area contributed by atoms with Gasteiger partial charge in [0, 0.05) is 17.1 Å². The summed E-state index contributed by atoms with van der Waals surface area (Å²) in [5.74, 6) is 0. The predicted octanol–water partition coefficient (Wildman–Crippen LogP) is 3.94. The fraction of sp³-hybridized carbons (Fsp3) is 0.200. The van der Waals surface area contributed by atoms with Gasteiger partial charge in [0.05, 0.1) is 0 Å². The average Bonchev–Trinajstić information content (AvgIpc) is 2.33. The molecule has 0 fully saturated rings. The number of aryl methyl sites for hydroxylation is 2. The molecule has 0 atom stereocenters. The third-order valence-corrected chi connectivity index (χ3v) is 3.07. The molecule has 2 aromatic carbocycles. The van der Waals surface area contributed by atoms with Crippen molar-refractivity contribution >= 4 is 17.1 Å². The van der Waals surface area contributed by atoms with Crippen LogP contribution in [-0.2, 0) is 0 Å². The lowest BCUT2D eigenvalue weighted by Crippen LogP contribution is -2.01. The van der Waals surface area contributed by atoms with Crippen LogP contribution >= 0.6 is 0 Å². The SMILES string of the molecule is Cc1cc(C)c(Nc2ccccc2)c(C)c1N. The highest BCUT2D eigenvalue weighted by atomic mass is 14.9. The topological polar surface area (TPSA) is 38.0 Å². The Bertz CT molecular complexity index is 530. The highest BCUT2D eigenvalue weighted by Gasteiger charge is 2.08. The maximum Gasteiger partial charge on any atom is 0.0464 e. The number of nitrogens with one attached hydrogen (secondary N) is 1. The van der Waals surface area contributed by atoms with Crippen LogP contribution in [0.2, 0.25) is 0 Å². The standard InChI is InChI=1S/C15H18N2/c1-10-9-11(2)15(12(3)14(10)16)17-13-7-5-4-6-8-13/h4-9,17H,16H2,1-3H3. The third kappa shape index (κ3) is 2.26. The van der Waals surface area contributed by atoms with Gasteiger partial charge < -0.3 is 11.1 Å². The van der Waals surface area contributed by atoms with Crippen LogP contribution < -0.4 is 11.1 Å². The highest BCUT2D eigenvalue weighted by Crippen LogP contribution is 2.30. The van der Waals surface area contributed by atoms with E-state index in [0.29, 0.717) is 0 Å². The Kier molecular flexibility index (Phi) is 3.05. The second-order valence-electron chi connectivity index (χ2n) is 4.42. The van der Waals surface area contributed by atoms with E-state index < -0.39 is 0 Å². The van der Waals surface area contributed by atoms with Crippen molar-refractivity contribution in [2.24, 2.45) is 0 Å². The van der Waals surface area contributed by atoms with Crippen molar-refractivity contribution in [3.8, 4) is 0 Å². The van der Waals surface area contributed by atoms with Crippen LogP contribution in [0.1, 0.15) is 16.7 Å². The van der Waals surface area contributed by atoms with Crippen molar-refractivity contribution in [2.45, 2.75) is 20.8 Å². The smallest absolute Gasteiger partial charge is 0.0464 e. The second kappa shape index (κ2) is 4.50. The van der Waals surface area contributed by atoms with E-state index in [1.54, 1.807) is 0 Å². The van der Waals surface area contributed by atoms with E-state index in [1.165, 1.54) is 5.56 Å². The van der Waals surface area contributed by atoms with Gasteiger partial charge in [-0.05, 0) is 49.6 Å². The van der Waals surface area contributed by atoms with Gasteiger partial charge in [-0.3, -0.25) is 0 Å². The van der Waals surface area contributed by atoms with Crippen molar-refractivity contribution in [3.05, 3.63) is 53.1 Å². The lowest BCUT2D eigenvalue weighted by atomic mass is 10.0. The molecule has 0 bridgehead atoms. The Labute approximate surface area is 102 Å². The van der Waals surface area contributed by atoms with Crippen LogP contribution in [0, 0.1) is 20.8 Å². The maximum atomic E-state index is 6.07. The van der Waals surface area contributed by atoms with E-state index in [1.807, 2.05) is 25.1 Å². The van der Waals surface area contributed by atoms with Gasteiger partial charge in [-0.25, -0.2) is 0 Å². The number of hydrogen-bond acceptors (Lipinski definition) is 2. The molecule has 0 aliphatic carbocycles. The van der Waals surface area contributed by atoms with E-state index in [9.17, 15) is 0 Å². The minimum atomic E-state index is 0.869. The molecule has 2 rings (SSSR count). The van der Waals surface area contributed by atoms with Gasteiger partial charge in [-0.15, -0.1) is 0 Å². The van der Waals surface area contributed by atoms with Crippen molar-refractivity contribution < 1.29 is 0 Å². The number of nitrogens with two attached hydrogens (primary N) is 1. The second-order valence-corrected chi connectivity index (χ2v) is 4.42. The van der Waals surface area contributed by atoms with Gasteiger partial charge in [0.25, 0.3) is 0 Å². The van der Waals surface area contributed by atoms with Gasteiger partial charge in [0.15, 0.2) is 0 Å². The molecule has 2 aromatic rings. The molecule has 0 aromatic heterocycles. The first-order valence-corrected chi connectivity index (χ1v) is 5.78. The Hall–Kier alpha value is -1.96. The molecule has 0 saturated heterocycles. The van der Waals surface area contributed by atoms with Crippen LogP contribution in [0.4, 0.5) is 17.1 Å².